The number of thiophene rings is 1. The molecule has 0 spiro atoms. The predicted molar refractivity (Wildman–Crippen MR) is 119 cm³/mol. The highest BCUT2D eigenvalue weighted by Gasteiger charge is 2.12. The first kappa shape index (κ1) is 19.5. The highest BCUT2D eigenvalue weighted by atomic mass is 32.1. The van der Waals surface area contributed by atoms with E-state index in [9.17, 15) is 9.59 Å². The lowest BCUT2D eigenvalue weighted by molar-refractivity contribution is -0.116. The van der Waals surface area contributed by atoms with Crippen LogP contribution < -0.4 is 10.9 Å². The zero-order valence-corrected chi connectivity index (χ0v) is 17.7. The van der Waals surface area contributed by atoms with Gasteiger partial charge < -0.3 is 5.32 Å². The molecule has 4 aromatic rings. The molecule has 3 aromatic heterocycles. The summed E-state index contributed by atoms with van der Waals surface area (Å²) in [5.41, 5.74) is 2.92. The van der Waals surface area contributed by atoms with E-state index >= 15 is 0 Å². The van der Waals surface area contributed by atoms with Gasteiger partial charge in [0.25, 0.3) is 5.56 Å². The fraction of sp³-hybridized carbons (Fsp3) is 0.238. The molecular formula is C21H20N4O2S2. The number of benzene rings is 1. The van der Waals surface area contributed by atoms with Crippen LogP contribution in [0.3, 0.4) is 0 Å². The number of amides is 1. The Labute approximate surface area is 175 Å². The molecule has 0 radical (unpaired) electrons. The van der Waals surface area contributed by atoms with E-state index in [1.54, 1.807) is 6.07 Å². The Morgan fingerprint density at radius 1 is 1.21 bits per heavy atom. The first-order chi connectivity index (χ1) is 14.0. The number of rotatable bonds is 6. The molecule has 1 N–H and O–H groups in total. The maximum atomic E-state index is 12.4. The average molecular weight is 425 g/mol. The Bertz CT molecular complexity index is 1210. The summed E-state index contributed by atoms with van der Waals surface area (Å²) in [5.74, 6) is 0.219. The Balaban J connectivity index is 1.45. The average Bonchev–Trinajstić information content (AvgIpc) is 3.39. The molecule has 4 rings (SSSR count). The zero-order chi connectivity index (χ0) is 20.4. The number of nitrogens with zero attached hydrogens (tertiary/aromatic N) is 3. The van der Waals surface area contributed by atoms with Gasteiger partial charge in [-0.15, -0.1) is 22.7 Å². The summed E-state index contributed by atoms with van der Waals surface area (Å²) in [4.78, 5) is 34.2. The van der Waals surface area contributed by atoms with Gasteiger partial charge in [0.2, 0.25) is 5.91 Å². The van der Waals surface area contributed by atoms with Crippen molar-refractivity contribution < 1.29 is 4.79 Å². The number of fused-ring (bicyclic) bond motifs is 1. The van der Waals surface area contributed by atoms with Crippen LogP contribution in [0.5, 0.6) is 0 Å². The molecule has 0 saturated carbocycles. The number of nitrogens with one attached hydrogen (secondary N) is 1. The monoisotopic (exact) mass is 424 g/mol. The van der Waals surface area contributed by atoms with Crippen molar-refractivity contribution in [2.24, 2.45) is 0 Å². The third kappa shape index (κ3) is 4.13. The van der Waals surface area contributed by atoms with Gasteiger partial charge in [-0.05, 0) is 29.3 Å². The third-order valence-corrected chi connectivity index (χ3v) is 6.48. The molecule has 0 saturated heterocycles. The summed E-state index contributed by atoms with van der Waals surface area (Å²) in [5, 5.41) is 7.54. The highest BCUT2D eigenvalue weighted by Crippen LogP contribution is 2.27. The number of hydrogen-bond acceptors (Lipinski definition) is 6. The van der Waals surface area contributed by atoms with Gasteiger partial charge in [-0.3, -0.25) is 14.2 Å². The molecule has 1 amide bonds. The van der Waals surface area contributed by atoms with Crippen molar-refractivity contribution in [1.29, 1.82) is 0 Å². The predicted octanol–water partition coefficient (Wildman–Crippen LogP) is 4.73. The van der Waals surface area contributed by atoms with E-state index in [1.165, 1.54) is 39.1 Å². The van der Waals surface area contributed by atoms with E-state index in [2.05, 4.69) is 53.4 Å². The molecule has 0 aliphatic carbocycles. The topological polar surface area (TPSA) is 76.9 Å². The van der Waals surface area contributed by atoms with Gasteiger partial charge in [0.15, 0.2) is 5.13 Å². The Hall–Kier alpha value is -2.84. The van der Waals surface area contributed by atoms with Crippen molar-refractivity contribution in [3.63, 3.8) is 0 Å². The molecule has 1 aromatic carbocycles. The van der Waals surface area contributed by atoms with Crippen LogP contribution in [-0.4, -0.2) is 20.4 Å². The van der Waals surface area contributed by atoms with E-state index in [1.807, 2.05) is 10.8 Å². The molecule has 3 heterocycles. The van der Waals surface area contributed by atoms with Gasteiger partial charge in [-0.25, -0.2) is 9.97 Å². The lowest BCUT2D eigenvalue weighted by Crippen LogP contribution is -2.27. The summed E-state index contributed by atoms with van der Waals surface area (Å²) in [7, 11) is 0. The first-order valence-electron chi connectivity index (χ1n) is 9.33. The molecular weight excluding hydrogens is 404 g/mol. The second-order valence-corrected chi connectivity index (χ2v) is 8.59. The van der Waals surface area contributed by atoms with Crippen LogP contribution in [0.1, 0.15) is 31.7 Å². The van der Waals surface area contributed by atoms with Crippen molar-refractivity contribution in [1.82, 2.24) is 14.5 Å². The minimum absolute atomic E-state index is 0.101. The summed E-state index contributed by atoms with van der Waals surface area (Å²) in [6.45, 7) is 4.29. The zero-order valence-electron chi connectivity index (χ0n) is 16.1. The van der Waals surface area contributed by atoms with E-state index in [0.717, 1.165) is 17.7 Å². The molecule has 0 aliphatic heterocycles. The van der Waals surface area contributed by atoms with Crippen LogP contribution in [0.4, 0.5) is 5.13 Å². The van der Waals surface area contributed by atoms with E-state index < -0.39 is 0 Å². The summed E-state index contributed by atoms with van der Waals surface area (Å²) < 4.78 is 1.31. The molecule has 0 fully saturated rings. The van der Waals surface area contributed by atoms with Gasteiger partial charge in [-0.1, -0.05) is 38.1 Å². The Morgan fingerprint density at radius 2 is 2.00 bits per heavy atom. The van der Waals surface area contributed by atoms with Gasteiger partial charge in [0.05, 0.1) is 17.4 Å². The largest absolute Gasteiger partial charge is 0.300 e. The maximum absolute atomic E-state index is 12.4. The van der Waals surface area contributed by atoms with E-state index in [4.69, 9.17) is 0 Å². The van der Waals surface area contributed by atoms with Crippen LogP contribution in [0.15, 0.2) is 52.2 Å². The summed E-state index contributed by atoms with van der Waals surface area (Å²) in [6.07, 6.45) is 2.51. The number of thiazole rings is 1. The number of hydrogen-bond donors (Lipinski definition) is 1. The SMILES string of the molecule is CCC(C)c1ccc(-c2csc(NC(=O)Cn3cnc4sccc4c3=O)n2)cc1. The molecule has 1 atom stereocenters. The standard InChI is InChI=1S/C21H20N4O2S2/c1-3-13(2)14-4-6-15(7-5-14)17-11-29-21(23-17)24-18(26)10-25-12-22-19-16(20(25)27)8-9-28-19/h4-9,11-13H,3,10H2,1-2H3,(H,23,24,26). The molecule has 1 unspecified atom stereocenters. The lowest BCUT2D eigenvalue weighted by atomic mass is 9.97. The van der Waals surface area contributed by atoms with Crippen LogP contribution in [0.25, 0.3) is 21.5 Å². The minimum atomic E-state index is -0.309. The number of aromatic nitrogens is 3. The van der Waals surface area contributed by atoms with Gasteiger partial charge in [-0.2, -0.15) is 0 Å². The number of anilines is 1. The van der Waals surface area contributed by atoms with Crippen LogP contribution in [0, 0.1) is 0 Å². The van der Waals surface area contributed by atoms with Crippen LogP contribution in [-0.2, 0) is 11.3 Å². The first-order valence-corrected chi connectivity index (χ1v) is 11.1. The molecule has 8 heteroatoms. The second-order valence-electron chi connectivity index (χ2n) is 6.83. The van der Waals surface area contributed by atoms with Crippen LogP contribution in [0.2, 0.25) is 0 Å². The molecule has 29 heavy (non-hydrogen) atoms. The van der Waals surface area contributed by atoms with Crippen LogP contribution >= 0.6 is 22.7 Å². The molecule has 0 bridgehead atoms. The van der Waals surface area contributed by atoms with Crippen molar-refractivity contribution >= 4 is 43.9 Å². The van der Waals surface area contributed by atoms with Gasteiger partial charge >= 0.3 is 0 Å². The van der Waals surface area contributed by atoms with E-state index in [-0.39, 0.29) is 18.0 Å². The smallest absolute Gasteiger partial charge is 0.262 e. The molecule has 148 valence electrons. The maximum Gasteiger partial charge on any atom is 0.262 e. The normalized spacial score (nSPS) is 12.2. The number of carbonyl (C=O) groups is 1. The van der Waals surface area contributed by atoms with Gasteiger partial charge in [0.1, 0.15) is 11.4 Å². The minimum Gasteiger partial charge on any atom is -0.300 e. The van der Waals surface area contributed by atoms with Crippen molar-refractivity contribution in [2.75, 3.05) is 5.32 Å². The molecule has 0 aliphatic rings. The molecule has 6 nitrogen and oxygen atoms in total. The highest BCUT2D eigenvalue weighted by molar-refractivity contribution is 7.16. The second kappa shape index (κ2) is 8.26. The quantitative estimate of drug-likeness (QED) is 0.485. The lowest BCUT2D eigenvalue weighted by Gasteiger charge is -2.09. The third-order valence-electron chi connectivity index (χ3n) is 4.90. The van der Waals surface area contributed by atoms with Crippen molar-refractivity contribution in [3.05, 3.63) is 63.3 Å². The Kier molecular flexibility index (Phi) is 5.55. The Morgan fingerprint density at radius 3 is 2.76 bits per heavy atom. The van der Waals surface area contributed by atoms with E-state index in [0.29, 0.717) is 21.3 Å². The summed E-state index contributed by atoms with van der Waals surface area (Å²) in [6, 6.07) is 10.1. The fourth-order valence-electron chi connectivity index (χ4n) is 3.00. The van der Waals surface area contributed by atoms with Gasteiger partial charge in [0, 0.05) is 10.9 Å². The van der Waals surface area contributed by atoms with Crippen molar-refractivity contribution in [3.8, 4) is 11.3 Å². The van der Waals surface area contributed by atoms with Crippen molar-refractivity contribution in [2.45, 2.75) is 32.7 Å². The fourth-order valence-corrected chi connectivity index (χ4v) is 4.46. The number of carbonyl (C=O) groups excluding carboxylic acids is 1. The summed E-state index contributed by atoms with van der Waals surface area (Å²) >= 11 is 2.76.